The van der Waals surface area contributed by atoms with Crippen molar-refractivity contribution < 1.29 is 0 Å². The Morgan fingerprint density at radius 1 is 0.562 bits per heavy atom. The van der Waals surface area contributed by atoms with Crippen LogP contribution in [0.15, 0.2) is 109 Å². The summed E-state index contributed by atoms with van der Waals surface area (Å²) in [6, 6.07) is 36.7. The Kier molecular flexibility index (Phi) is 4.36. The van der Waals surface area contributed by atoms with Crippen molar-refractivity contribution in [2.24, 2.45) is 0 Å². The van der Waals surface area contributed by atoms with E-state index in [4.69, 9.17) is 17.8 Å². The third kappa shape index (κ3) is 3.00. The van der Waals surface area contributed by atoms with Crippen LogP contribution in [-0.4, -0.2) is 22.4 Å². The van der Waals surface area contributed by atoms with Gasteiger partial charge in [0.25, 0.3) is 0 Å². The first-order valence-electron chi connectivity index (χ1n) is 10.6. The van der Waals surface area contributed by atoms with Gasteiger partial charge in [-0.05, 0) is 18.2 Å². The highest BCUT2D eigenvalue weighted by atomic mass is 15.2. The van der Waals surface area contributed by atoms with E-state index in [2.05, 4.69) is 53.1 Å². The monoisotopic (exact) mass is 407 g/mol. The lowest BCUT2D eigenvalue weighted by molar-refractivity contribution is 0.996. The van der Waals surface area contributed by atoms with E-state index in [0.717, 1.165) is 49.8 Å². The number of para-hydroxylation sites is 1. The molecule has 2 aromatic heterocycles. The Morgan fingerprint density at radius 3 is 1.78 bits per heavy atom. The number of aromatic nitrogens is 3. The van der Waals surface area contributed by atoms with Gasteiger partial charge >= 0.3 is 0 Å². The van der Waals surface area contributed by atoms with Gasteiger partial charge in [-0.15, -0.1) is 0 Å². The Balaban J connectivity index is 1.71. The molecule has 2 heterocycles. The zero-order valence-electron chi connectivity index (χ0n) is 17.3. The molecule has 0 amide bonds. The van der Waals surface area contributed by atoms with Crippen LogP contribution in [-0.2, 0) is 0 Å². The minimum Gasteiger partial charge on any atom is -0.278 e. The normalized spacial score (nSPS) is 11.2. The van der Waals surface area contributed by atoms with Crippen LogP contribution in [0.2, 0.25) is 0 Å². The van der Waals surface area contributed by atoms with Crippen molar-refractivity contribution >= 4 is 35.1 Å². The van der Waals surface area contributed by atoms with Gasteiger partial charge < -0.3 is 0 Å². The van der Waals surface area contributed by atoms with Gasteiger partial charge in [0, 0.05) is 21.9 Å². The summed E-state index contributed by atoms with van der Waals surface area (Å²) in [6.07, 6.45) is 0. The summed E-state index contributed by atoms with van der Waals surface area (Å²) in [4.78, 5) is 10.0. The molecule has 148 valence electrons. The molecule has 0 atom stereocenters. The van der Waals surface area contributed by atoms with Crippen molar-refractivity contribution in [3.63, 3.8) is 0 Å². The fourth-order valence-corrected chi connectivity index (χ4v) is 4.31. The van der Waals surface area contributed by atoms with E-state index in [9.17, 15) is 0 Å². The molecule has 6 aromatic rings. The van der Waals surface area contributed by atoms with E-state index in [1.165, 1.54) is 0 Å². The van der Waals surface area contributed by atoms with Crippen LogP contribution in [0.1, 0.15) is 0 Å². The lowest BCUT2D eigenvalue weighted by Crippen LogP contribution is -2.05. The predicted octanol–water partition coefficient (Wildman–Crippen LogP) is 5.70. The second-order valence-electron chi connectivity index (χ2n) is 7.76. The fraction of sp³-hybridized carbons (Fsp3) is 0. The first kappa shape index (κ1) is 18.6. The molecule has 32 heavy (non-hydrogen) atoms. The highest BCUT2D eigenvalue weighted by Gasteiger charge is 2.17. The van der Waals surface area contributed by atoms with Crippen LogP contribution >= 0.6 is 0 Å². The lowest BCUT2D eigenvalue weighted by Gasteiger charge is -2.11. The molecular formula is C28H18BN3. The SMILES string of the molecule is [B]c1cccc2c1c1ccccc1n2-c1nc(-c2ccccc2)cc(-c2ccccc2)n1. The van der Waals surface area contributed by atoms with Crippen molar-refractivity contribution in [1.82, 2.24) is 14.5 Å². The van der Waals surface area contributed by atoms with Gasteiger partial charge in [0.05, 0.1) is 22.4 Å². The van der Waals surface area contributed by atoms with Crippen LogP contribution in [0.25, 0.3) is 50.3 Å². The summed E-state index contributed by atoms with van der Waals surface area (Å²) in [5.74, 6) is 0.627. The standard InChI is InChI=1S/C28H18BN3/c29-22-15-9-17-26-27(22)21-14-7-8-16-25(21)32(26)28-30-23(19-10-3-1-4-11-19)18-24(31-28)20-12-5-2-6-13-20/h1-18H. The molecule has 4 heteroatoms. The van der Waals surface area contributed by atoms with Crippen LogP contribution in [0, 0.1) is 0 Å². The Labute approximate surface area is 187 Å². The van der Waals surface area contributed by atoms with Gasteiger partial charge in [0.1, 0.15) is 7.85 Å². The van der Waals surface area contributed by atoms with E-state index in [-0.39, 0.29) is 0 Å². The van der Waals surface area contributed by atoms with E-state index in [1.807, 2.05) is 60.7 Å². The van der Waals surface area contributed by atoms with Gasteiger partial charge in [0.15, 0.2) is 0 Å². The average Bonchev–Trinajstić information content (AvgIpc) is 3.20. The van der Waals surface area contributed by atoms with Gasteiger partial charge in [-0.25, -0.2) is 9.97 Å². The Morgan fingerprint density at radius 2 is 1.12 bits per heavy atom. The van der Waals surface area contributed by atoms with Crippen LogP contribution in [0.3, 0.4) is 0 Å². The minimum absolute atomic E-state index is 0.627. The number of benzene rings is 4. The zero-order chi connectivity index (χ0) is 21.5. The molecular weight excluding hydrogens is 389 g/mol. The predicted molar refractivity (Wildman–Crippen MR) is 133 cm³/mol. The molecule has 3 nitrogen and oxygen atoms in total. The number of hydrogen-bond acceptors (Lipinski definition) is 2. The average molecular weight is 407 g/mol. The molecule has 0 saturated heterocycles. The molecule has 0 aliphatic rings. The molecule has 4 aromatic carbocycles. The van der Waals surface area contributed by atoms with Gasteiger partial charge in [-0.1, -0.05) is 96.5 Å². The molecule has 0 fully saturated rings. The Bertz CT molecular complexity index is 1510. The number of fused-ring (bicyclic) bond motifs is 3. The molecule has 6 rings (SSSR count). The van der Waals surface area contributed by atoms with Crippen LogP contribution < -0.4 is 5.46 Å². The minimum atomic E-state index is 0.627. The molecule has 0 spiro atoms. The van der Waals surface area contributed by atoms with E-state index in [0.29, 0.717) is 5.95 Å². The first-order valence-corrected chi connectivity index (χ1v) is 10.6. The van der Waals surface area contributed by atoms with Crippen LogP contribution in [0.5, 0.6) is 0 Å². The topological polar surface area (TPSA) is 30.7 Å². The summed E-state index contributed by atoms with van der Waals surface area (Å²) in [5, 5.41) is 2.12. The smallest absolute Gasteiger partial charge is 0.235 e. The molecule has 0 bridgehead atoms. The number of rotatable bonds is 3. The number of hydrogen-bond donors (Lipinski definition) is 0. The van der Waals surface area contributed by atoms with Crippen molar-refractivity contribution in [2.45, 2.75) is 0 Å². The third-order valence-corrected chi connectivity index (χ3v) is 5.78. The molecule has 2 radical (unpaired) electrons. The summed E-state index contributed by atoms with van der Waals surface area (Å²) in [6.45, 7) is 0. The lowest BCUT2D eigenvalue weighted by atomic mass is 9.91. The molecule has 0 unspecified atom stereocenters. The Hall–Kier alpha value is -4.18. The molecule has 0 saturated carbocycles. The van der Waals surface area contributed by atoms with Gasteiger partial charge in [0.2, 0.25) is 5.95 Å². The largest absolute Gasteiger partial charge is 0.278 e. The van der Waals surface area contributed by atoms with Crippen molar-refractivity contribution in [3.8, 4) is 28.5 Å². The van der Waals surface area contributed by atoms with E-state index in [1.54, 1.807) is 0 Å². The van der Waals surface area contributed by atoms with Crippen molar-refractivity contribution in [2.75, 3.05) is 0 Å². The molecule has 0 N–H and O–H groups in total. The zero-order valence-corrected chi connectivity index (χ0v) is 17.3. The van der Waals surface area contributed by atoms with Gasteiger partial charge in [-0.2, -0.15) is 0 Å². The first-order chi connectivity index (χ1) is 15.8. The van der Waals surface area contributed by atoms with Crippen molar-refractivity contribution in [3.05, 3.63) is 109 Å². The van der Waals surface area contributed by atoms with E-state index < -0.39 is 0 Å². The van der Waals surface area contributed by atoms with Crippen LogP contribution in [0.4, 0.5) is 0 Å². The maximum Gasteiger partial charge on any atom is 0.235 e. The second kappa shape index (κ2) is 7.50. The second-order valence-corrected chi connectivity index (χ2v) is 7.76. The quantitative estimate of drug-likeness (QED) is 0.352. The highest BCUT2D eigenvalue weighted by Crippen LogP contribution is 2.32. The molecule has 0 aliphatic heterocycles. The number of nitrogens with zero attached hydrogens (tertiary/aromatic N) is 3. The summed E-state index contributed by atoms with van der Waals surface area (Å²) in [7, 11) is 6.40. The molecule has 0 aliphatic carbocycles. The maximum atomic E-state index is 6.40. The van der Waals surface area contributed by atoms with Crippen molar-refractivity contribution in [1.29, 1.82) is 0 Å². The summed E-state index contributed by atoms with van der Waals surface area (Å²) < 4.78 is 2.11. The highest BCUT2D eigenvalue weighted by molar-refractivity contribution is 6.41. The fourth-order valence-electron chi connectivity index (χ4n) is 4.31. The van der Waals surface area contributed by atoms with E-state index >= 15 is 0 Å². The maximum absolute atomic E-state index is 6.40. The summed E-state index contributed by atoms with van der Waals surface area (Å²) in [5.41, 5.74) is 6.63. The van der Waals surface area contributed by atoms with Gasteiger partial charge in [-0.3, -0.25) is 4.57 Å². The third-order valence-electron chi connectivity index (χ3n) is 5.78. The summed E-state index contributed by atoms with van der Waals surface area (Å²) >= 11 is 0.